The molecule has 2 aromatic rings. The van der Waals surface area contributed by atoms with Crippen LogP contribution in [-0.2, 0) is 12.3 Å². The van der Waals surface area contributed by atoms with Crippen LogP contribution in [0.2, 0.25) is 0 Å². The summed E-state index contributed by atoms with van der Waals surface area (Å²) >= 11 is 7.31. The van der Waals surface area contributed by atoms with E-state index in [0.29, 0.717) is 11.7 Å². The predicted molar refractivity (Wildman–Crippen MR) is 77.7 cm³/mol. The van der Waals surface area contributed by atoms with Crippen LogP contribution in [0.3, 0.4) is 0 Å². The quantitative estimate of drug-likeness (QED) is 0.872. The fourth-order valence-corrected chi connectivity index (χ4v) is 3.22. The number of hydrogen-bond acceptors (Lipinski definition) is 3. The van der Waals surface area contributed by atoms with Gasteiger partial charge < -0.3 is 4.98 Å². The Labute approximate surface area is 115 Å². The number of alkyl halides is 1. The van der Waals surface area contributed by atoms with E-state index < -0.39 is 0 Å². The number of hydrogen-bond donors (Lipinski definition) is 1. The molecule has 0 aliphatic carbocycles. The molecule has 5 heteroatoms. The molecule has 0 spiro atoms. The summed E-state index contributed by atoms with van der Waals surface area (Å²) in [5.74, 6) is 1.36. The number of aryl methyl sites for hydroxylation is 1. The van der Waals surface area contributed by atoms with E-state index in [4.69, 9.17) is 11.6 Å². The Morgan fingerprint density at radius 3 is 2.83 bits per heavy atom. The summed E-state index contributed by atoms with van der Waals surface area (Å²) in [6, 6.07) is 0. The fraction of sp³-hybridized carbons (Fsp3) is 0.538. The topological polar surface area (TPSA) is 45.8 Å². The highest BCUT2D eigenvalue weighted by Gasteiger charge is 2.16. The van der Waals surface area contributed by atoms with Crippen LogP contribution in [0.5, 0.6) is 0 Å². The lowest BCUT2D eigenvalue weighted by Gasteiger charge is -2.08. The minimum absolute atomic E-state index is 0.0571. The molecule has 2 rings (SSSR count). The standard InChI is InChI=1S/C13H17ClN2OS/c1-4-7(2)5-9-8(3)18-13-11(9)12(17)15-10(6-14)16-13/h7H,4-6H2,1-3H3,(H,15,16,17)/t7-/m1/s1. The van der Waals surface area contributed by atoms with Gasteiger partial charge in [-0.25, -0.2) is 4.98 Å². The van der Waals surface area contributed by atoms with E-state index in [1.54, 1.807) is 11.3 Å². The van der Waals surface area contributed by atoms with Crippen molar-refractivity contribution in [3.8, 4) is 0 Å². The number of aromatic amines is 1. The number of fused-ring (bicyclic) bond motifs is 1. The molecule has 0 aromatic carbocycles. The zero-order chi connectivity index (χ0) is 13.3. The molecule has 0 aliphatic heterocycles. The van der Waals surface area contributed by atoms with Gasteiger partial charge in [0.15, 0.2) is 0 Å². The van der Waals surface area contributed by atoms with E-state index in [1.807, 2.05) is 0 Å². The minimum Gasteiger partial charge on any atom is -0.309 e. The van der Waals surface area contributed by atoms with Gasteiger partial charge in [0, 0.05) is 4.88 Å². The molecule has 0 unspecified atom stereocenters. The molecule has 1 N–H and O–H groups in total. The van der Waals surface area contributed by atoms with Crippen LogP contribution < -0.4 is 5.56 Å². The van der Waals surface area contributed by atoms with Crippen molar-refractivity contribution in [2.45, 2.75) is 39.5 Å². The van der Waals surface area contributed by atoms with E-state index in [-0.39, 0.29) is 11.4 Å². The van der Waals surface area contributed by atoms with E-state index >= 15 is 0 Å². The first-order valence-corrected chi connectivity index (χ1v) is 7.49. The first kappa shape index (κ1) is 13.6. The Balaban J connectivity index is 2.60. The number of nitrogens with one attached hydrogen (secondary N) is 1. The number of rotatable bonds is 4. The van der Waals surface area contributed by atoms with Crippen LogP contribution >= 0.6 is 22.9 Å². The molecule has 2 aromatic heterocycles. The zero-order valence-corrected chi connectivity index (χ0v) is 12.4. The van der Waals surface area contributed by atoms with Crippen molar-refractivity contribution in [2.24, 2.45) is 5.92 Å². The molecule has 1 atom stereocenters. The van der Waals surface area contributed by atoms with E-state index in [0.717, 1.165) is 28.6 Å². The highest BCUT2D eigenvalue weighted by Crippen LogP contribution is 2.29. The van der Waals surface area contributed by atoms with Crippen molar-refractivity contribution < 1.29 is 0 Å². The number of H-pyrrole nitrogens is 1. The number of nitrogens with zero attached hydrogens (tertiary/aromatic N) is 1. The second kappa shape index (κ2) is 5.41. The van der Waals surface area contributed by atoms with Crippen LogP contribution in [-0.4, -0.2) is 9.97 Å². The first-order chi connectivity index (χ1) is 8.56. The first-order valence-electron chi connectivity index (χ1n) is 6.13. The van der Waals surface area contributed by atoms with Gasteiger partial charge in [-0.3, -0.25) is 4.79 Å². The van der Waals surface area contributed by atoms with Crippen LogP contribution in [0.15, 0.2) is 4.79 Å². The Hall–Kier alpha value is -0.870. The van der Waals surface area contributed by atoms with Crippen molar-refractivity contribution in [3.05, 3.63) is 26.6 Å². The van der Waals surface area contributed by atoms with Gasteiger partial charge in [-0.15, -0.1) is 22.9 Å². The molecular formula is C13H17ClN2OS. The molecular weight excluding hydrogens is 268 g/mol. The number of aromatic nitrogens is 2. The molecule has 0 radical (unpaired) electrons. The molecule has 3 nitrogen and oxygen atoms in total. The van der Waals surface area contributed by atoms with E-state index in [1.165, 1.54) is 4.88 Å². The third-order valence-electron chi connectivity index (χ3n) is 3.29. The normalized spacial score (nSPS) is 13.1. The van der Waals surface area contributed by atoms with Gasteiger partial charge in [-0.1, -0.05) is 20.3 Å². The molecule has 0 bridgehead atoms. The summed E-state index contributed by atoms with van der Waals surface area (Å²) in [6.07, 6.45) is 2.05. The molecule has 0 fully saturated rings. The highest BCUT2D eigenvalue weighted by molar-refractivity contribution is 7.18. The number of halogens is 1. The van der Waals surface area contributed by atoms with Crippen molar-refractivity contribution in [1.29, 1.82) is 0 Å². The second-order valence-electron chi connectivity index (χ2n) is 4.68. The molecule has 0 saturated heterocycles. The SMILES string of the molecule is CC[C@@H](C)Cc1c(C)sc2nc(CCl)[nH]c(=O)c12. The Morgan fingerprint density at radius 2 is 2.22 bits per heavy atom. The van der Waals surface area contributed by atoms with Gasteiger partial charge in [0.1, 0.15) is 10.7 Å². The highest BCUT2D eigenvalue weighted by atomic mass is 35.5. The van der Waals surface area contributed by atoms with Gasteiger partial charge in [0.25, 0.3) is 5.56 Å². The van der Waals surface area contributed by atoms with Crippen LogP contribution in [0, 0.1) is 12.8 Å². The van der Waals surface area contributed by atoms with Crippen LogP contribution in [0.25, 0.3) is 10.2 Å². The van der Waals surface area contributed by atoms with Crippen LogP contribution in [0.4, 0.5) is 0 Å². The lowest BCUT2D eigenvalue weighted by atomic mass is 9.98. The number of thiophene rings is 1. The lowest BCUT2D eigenvalue weighted by Crippen LogP contribution is -2.12. The van der Waals surface area contributed by atoms with Crippen molar-refractivity contribution in [2.75, 3.05) is 0 Å². The average Bonchev–Trinajstić information content (AvgIpc) is 2.65. The van der Waals surface area contributed by atoms with Crippen molar-refractivity contribution in [3.63, 3.8) is 0 Å². The maximum absolute atomic E-state index is 12.1. The minimum atomic E-state index is -0.0571. The Bertz CT molecular complexity index is 617. The average molecular weight is 285 g/mol. The Kier molecular flexibility index (Phi) is 4.07. The summed E-state index contributed by atoms with van der Waals surface area (Å²) in [5.41, 5.74) is 1.09. The Morgan fingerprint density at radius 1 is 1.50 bits per heavy atom. The summed E-state index contributed by atoms with van der Waals surface area (Å²) in [5, 5.41) is 0.756. The largest absolute Gasteiger partial charge is 0.309 e. The third kappa shape index (κ3) is 2.45. The third-order valence-corrected chi connectivity index (χ3v) is 4.58. The van der Waals surface area contributed by atoms with E-state index in [9.17, 15) is 4.79 Å². The molecule has 18 heavy (non-hydrogen) atoms. The van der Waals surface area contributed by atoms with Crippen LogP contribution in [0.1, 0.15) is 36.5 Å². The summed E-state index contributed by atoms with van der Waals surface area (Å²) in [7, 11) is 0. The second-order valence-corrected chi connectivity index (χ2v) is 6.15. The molecule has 0 amide bonds. The summed E-state index contributed by atoms with van der Waals surface area (Å²) in [4.78, 5) is 21.3. The molecule has 0 saturated carbocycles. The van der Waals surface area contributed by atoms with Crippen molar-refractivity contribution >= 4 is 33.2 Å². The maximum Gasteiger partial charge on any atom is 0.259 e. The van der Waals surface area contributed by atoms with Gasteiger partial charge in [-0.05, 0) is 24.8 Å². The maximum atomic E-state index is 12.1. The molecule has 2 heterocycles. The zero-order valence-electron chi connectivity index (χ0n) is 10.8. The molecule has 98 valence electrons. The van der Waals surface area contributed by atoms with Gasteiger partial charge in [0.05, 0.1) is 11.3 Å². The van der Waals surface area contributed by atoms with Gasteiger partial charge in [0.2, 0.25) is 0 Å². The van der Waals surface area contributed by atoms with Crippen molar-refractivity contribution in [1.82, 2.24) is 9.97 Å². The fourth-order valence-electron chi connectivity index (χ4n) is 2.02. The summed E-state index contributed by atoms with van der Waals surface area (Å²) in [6.45, 7) is 6.43. The lowest BCUT2D eigenvalue weighted by molar-refractivity contribution is 0.561. The monoisotopic (exact) mass is 284 g/mol. The van der Waals surface area contributed by atoms with Gasteiger partial charge >= 0.3 is 0 Å². The predicted octanol–water partition coefficient (Wildman–Crippen LogP) is 3.62. The smallest absolute Gasteiger partial charge is 0.259 e. The van der Waals surface area contributed by atoms with Gasteiger partial charge in [-0.2, -0.15) is 0 Å². The van der Waals surface area contributed by atoms with E-state index in [2.05, 4.69) is 30.7 Å². The molecule has 0 aliphatic rings. The summed E-state index contributed by atoms with van der Waals surface area (Å²) < 4.78 is 0.